The number of nitrogens with two attached hydrogens (primary N) is 1. The number of aromatic nitrogens is 4. The first-order valence-corrected chi connectivity index (χ1v) is 8.19. The zero-order valence-corrected chi connectivity index (χ0v) is 13.0. The minimum Gasteiger partial charge on any atom is -0.271 e. The molecule has 0 amide bonds. The Labute approximate surface area is 125 Å². The molecule has 1 heterocycles. The zero-order valence-electron chi connectivity index (χ0n) is 13.0. The van der Waals surface area contributed by atoms with Crippen LogP contribution in [0.15, 0.2) is 0 Å². The third-order valence-corrected chi connectivity index (χ3v) is 6.28. The second-order valence-corrected chi connectivity index (χ2v) is 8.25. The van der Waals surface area contributed by atoms with Gasteiger partial charge in [-0.1, -0.05) is 6.92 Å². The predicted octanol–water partition coefficient (Wildman–Crippen LogP) is 1.19. The molecular formula is C15H26N6. The van der Waals surface area contributed by atoms with Crippen LogP contribution in [0.3, 0.4) is 0 Å². The topological polar surface area (TPSA) is 81.7 Å². The van der Waals surface area contributed by atoms with Crippen LogP contribution in [0.5, 0.6) is 0 Å². The van der Waals surface area contributed by atoms with Gasteiger partial charge >= 0.3 is 0 Å². The molecule has 0 aliphatic heterocycles. The molecule has 4 saturated carbocycles. The Bertz CT molecular complexity index is 524. The summed E-state index contributed by atoms with van der Waals surface area (Å²) in [4.78, 5) is 1.53. The zero-order chi connectivity index (χ0) is 14.7. The maximum absolute atomic E-state index is 5.96. The molecule has 3 N–H and O–H groups in total. The Hall–Kier alpha value is -1.01. The van der Waals surface area contributed by atoms with Gasteiger partial charge in [-0.25, -0.2) is 0 Å². The quantitative estimate of drug-likeness (QED) is 0.643. The molecule has 3 atom stereocenters. The van der Waals surface area contributed by atoms with Crippen LogP contribution < -0.4 is 11.3 Å². The first-order chi connectivity index (χ1) is 10.0. The van der Waals surface area contributed by atoms with Gasteiger partial charge in [0.2, 0.25) is 0 Å². The fourth-order valence-corrected chi connectivity index (χ4v) is 6.25. The molecule has 0 aromatic carbocycles. The molecule has 5 rings (SSSR count). The van der Waals surface area contributed by atoms with Crippen molar-refractivity contribution in [3.8, 4) is 0 Å². The fraction of sp³-hybridized carbons (Fsp3) is 0.933. The van der Waals surface area contributed by atoms with Crippen molar-refractivity contribution in [1.82, 2.24) is 25.6 Å². The van der Waals surface area contributed by atoms with Gasteiger partial charge in [-0.05, 0) is 66.4 Å². The summed E-state index contributed by atoms with van der Waals surface area (Å²) in [7, 11) is 1.81. The number of aryl methyl sites for hydroxylation is 1. The highest BCUT2D eigenvalue weighted by molar-refractivity contribution is 5.10. The van der Waals surface area contributed by atoms with Crippen molar-refractivity contribution in [1.29, 1.82) is 0 Å². The molecule has 0 saturated heterocycles. The summed E-state index contributed by atoms with van der Waals surface area (Å²) >= 11 is 0. The van der Waals surface area contributed by atoms with Crippen molar-refractivity contribution in [2.45, 2.75) is 57.9 Å². The van der Waals surface area contributed by atoms with Crippen molar-refractivity contribution >= 4 is 0 Å². The maximum atomic E-state index is 5.96. The number of hydrogen-bond acceptors (Lipinski definition) is 5. The van der Waals surface area contributed by atoms with Gasteiger partial charge < -0.3 is 0 Å². The largest absolute Gasteiger partial charge is 0.271 e. The van der Waals surface area contributed by atoms with Gasteiger partial charge in [0.15, 0.2) is 5.82 Å². The van der Waals surface area contributed by atoms with Crippen molar-refractivity contribution in [2.75, 3.05) is 0 Å². The molecule has 6 heteroatoms. The van der Waals surface area contributed by atoms with E-state index in [2.05, 4.69) is 27.8 Å². The van der Waals surface area contributed by atoms with Gasteiger partial charge in [0.05, 0.1) is 7.05 Å². The van der Waals surface area contributed by atoms with E-state index in [0.717, 1.165) is 24.1 Å². The number of tetrazole rings is 1. The number of hydrogen-bond donors (Lipinski definition) is 2. The maximum Gasteiger partial charge on any atom is 0.176 e. The second kappa shape index (κ2) is 4.49. The van der Waals surface area contributed by atoms with E-state index in [1.54, 1.807) is 0 Å². The van der Waals surface area contributed by atoms with Crippen molar-refractivity contribution in [3.05, 3.63) is 5.82 Å². The monoisotopic (exact) mass is 290 g/mol. The van der Waals surface area contributed by atoms with Gasteiger partial charge in [-0.2, -0.15) is 4.80 Å². The van der Waals surface area contributed by atoms with Crippen LogP contribution in [0.4, 0.5) is 0 Å². The second-order valence-electron chi connectivity index (χ2n) is 8.25. The van der Waals surface area contributed by atoms with E-state index < -0.39 is 0 Å². The lowest BCUT2D eigenvalue weighted by molar-refractivity contribution is -0.118. The van der Waals surface area contributed by atoms with E-state index in [9.17, 15) is 0 Å². The first kappa shape index (κ1) is 13.6. The Morgan fingerprint density at radius 2 is 2.05 bits per heavy atom. The molecule has 21 heavy (non-hydrogen) atoms. The van der Waals surface area contributed by atoms with E-state index >= 15 is 0 Å². The van der Waals surface area contributed by atoms with E-state index in [1.165, 1.54) is 43.3 Å². The van der Waals surface area contributed by atoms with Gasteiger partial charge in [0, 0.05) is 12.5 Å². The summed E-state index contributed by atoms with van der Waals surface area (Å²) in [6.45, 7) is 2.49. The SMILES string of the molecule is Cn1nnc(CC(NN)C23CC4CC(CC(C)(C4)C2)C3)n1. The molecule has 0 spiro atoms. The minimum absolute atomic E-state index is 0.270. The van der Waals surface area contributed by atoms with Crippen molar-refractivity contribution < 1.29 is 0 Å². The van der Waals surface area contributed by atoms with E-state index in [1.807, 2.05) is 7.05 Å². The van der Waals surface area contributed by atoms with Gasteiger partial charge in [-0.3, -0.25) is 11.3 Å². The van der Waals surface area contributed by atoms with Crippen molar-refractivity contribution in [2.24, 2.45) is 35.6 Å². The molecule has 1 aromatic rings. The number of nitrogens with one attached hydrogen (secondary N) is 1. The molecule has 0 radical (unpaired) electrons. The normalized spacial score (nSPS) is 42.4. The van der Waals surface area contributed by atoms with Crippen LogP contribution in [-0.4, -0.2) is 26.2 Å². The summed E-state index contributed by atoms with van der Waals surface area (Å²) in [5.41, 5.74) is 3.99. The number of rotatable bonds is 4. The molecule has 116 valence electrons. The van der Waals surface area contributed by atoms with Crippen LogP contribution in [0.25, 0.3) is 0 Å². The van der Waals surface area contributed by atoms with Gasteiger partial charge in [0.1, 0.15) is 0 Å². The molecule has 1 aromatic heterocycles. The number of nitrogens with zero attached hydrogens (tertiary/aromatic N) is 4. The lowest BCUT2D eigenvalue weighted by Crippen LogP contribution is -2.60. The predicted molar refractivity (Wildman–Crippen MR) is 78.8 cm³/mol. The van der Waals surface area contributed by atoms with Gasteiger partial charge in [0.25, 0.3) is 0 Å². The summed E-state index contributed by atoms with van der Waals surface area (Å²) in [5.74, 6) is 8.58. The Balaban J connectivity index is 1.60. The lowest BCUT2D eigenvalue weighted by atomic mass is 9.43. The molecule has 4 bridgehead atoms. The van der Waals surface area contributed by atoms with Crippen molar-refractivity contribution in [3.63, 3.8) is 0 Å². The third kappa shape index (κ3) is 2.19. The van der Waals surface area contributed by atoms with E-state index in [4.69, 9.17) is 5.84 Å². The highest BCUT2D eigenvalue weighted by Gasteiger charge is 2.58. The summed E-state index contributed by atoms with van der Waals surface area (Å²) < 4.78 is 0. The number of hydrazine groups is 1. The molecule has 4 aliphatic carbocycles. The smallest absolute Gasteiger partial charge is 0.176 e. The lowest BCUT2D eigenvalue weighted by Gasteiger charge is -2.63. The standard InChI is InChI=1S/C15H26N6/c1-14-5-10-3-11(6-14)8-15(7-10,9-14)12(17-16)4-13-18-20-21(2)19-13/h10-12,17H,3-9,16H2,1-2H3. The van der Waals surface area contributed by atoms with Gasteiger partial charge in [-0.15, -0.1) is 10.2 Å². The third-order valence-electron chi connectivity index (χ3n) is 6.28. The molecule has 3 unspecified atom stereocenters. The van der Waals surface area contributed by atoms with E-state index in [-0.39, 0.29) is 6.04 Å². The average molecular weight is 290 g/mol. The molecule has 6 nitrogen and oxygen atoms in total. The van der Waals surface area contributed by atoms with Crippen LogP contribution in [-0.2, 0) is 13.5 Å². The van der Waals surface area contributed by atoms with E-state index in [0.29, 0.717) is 10.8 Å². The highest BCUT2D eigenvalue weighted by atomic mass is 15.6. The Morgan fingerprint density at radius 3 is 2.57 bits per heavy atom. The molecule has 4 aliphatic rings. The molecular weight excluding hydrogens is 264 g/mol. The minimum atomic E-state index is 0.270. The Morgan fingerprint density at radius 1 is 1.33 bits per heavy atom. The average Bonchev–Trinajstić information content (AvgIpc) is 2.78. The van der Waals surface area contributed by atoms with Crippen LogP contribution in [0, 0.1) is 22.7 Å². The first-order valence-electron chi connectivity index (χ1n) is 8.19. The summed E-state index contributed by atoms with van der Waals surface area (Å²) in [6.07, 6.45) is 9.04. The van der Waals surface area contributed by atoms with Crippen LogP contribution >= 0.6 is 0 Å². The Kier molecular flexibility index (Phi) is 2.92. The van der Waals surface area contributed by atoms with Crippen LogP contribution in [0.1, 0.15) is 51.3 Å². The fourth-order valence-electron chi connectivity index (χ4n) is 6.25. The molecule has 4 fully saturated rings. The van der Waals surface area contributed by atoms with Crippen LogP contribution in [0.2, 0.25) is 0 Å². The summed E-state index contributed by atoms with van der Waals surface area (Å²) in [6, 6.07) is 0.270. The highest BCUT2D eigenvalue weighted by Crippen LogP contribution is 2.66. The summed E-state index contributed by atoms with van der Waals surface area (Å²) in [5, 5.41) is 12.4.